The van der Waals surface area contributed by atoms with Crippen LogP contribution in [0.4, 0.5) is 19.1 Å². The lowest BCUT2D eigenvalue weighted by atomic mass is 9.81. The Morgan fingerprint density at radius 3 is 2.38 bits per heavy atom. The van der Waals surface area contributed by atoms with Gasteiger partial charge < -0.3 is 24.7 Å². The summed E-state index contributed by atoms with van der Waals surface area (Å²) in [7, 11) is 1.52. The predicted octanol–water partition coefficient (Wildman–Crippen LogP) is 6.63. The molecule has 6 rings (SSSR count). The first-order valence-corrected chi connectivity index (χ1v) is 18.4. The topological polar surface area (TPSA) is 113 Å². The molecule has 1 unspecified atom stereocenters. The zero-order valence-corrected chi connectivity index (χ0v) is 30.0. The number of fused-ring (bicyclic) bond motifs is 1. The zero-order chi connectivity index (χ0) is 35.8. The average molecular weight is 715 g/mol. The van der Waals surface area contributed by atoms with E-state index in [1.54, 1.807) is 25.4 Å². The van der Waals surface area contributed by atoms with E-state index >= 15 is 0 Å². The fraction of sp³-hybridized carbons (Fsp3) is 0.556. The number of ether oxygens (including phenoxy) is 2. The van der Waals surface area contributed by atoms with Gasteiger partial charge in [0.15, 0.2) is 11.5 Å². The lowest BCUT2D eigenvalue weighted by Crippen LogP contribution is -2.48. The number of aromatic nitrogens is 3. The normalized spacial score (nSPS) is 22.2. The molecule has 2 N–H and O–H groups in total. The molecule has 1 saturated heterocycles. The number of pyridine rings is 1. The van der Waals surface area contributed by atoms with Crippen LogP contribution < -0.4 is 25.2 Å². The highest BCUT2D eigenvalue weighted by molar-refractivity contribution is 7.98. The van der Waals surface area contributed by atoms with Crippen LogP contribution in [0.2, 0.25) is 0 Å². The Morgan fingerprint density at radius 2 is 1.74 bits per heavy atom. The van der Waals surface area contributed by atoms with E-state index in [1.165, 1.54) is 30.1 Å². The number of anilines is 1. The minimum absolute atomic E-state index is 0.0330. The number of carbonyl (C=O) groups excluding carboxylic acids is 1. The van der Waals surface area contributed by atoms with Gasteiger partial charge in [-0.2, -0.15) is 13.2 Å². The SMILES string of the molecule is CSc1cc(C)[nH]c(=O)c1CNC(=O)c1cc(-c2cnc(N3CCCCC3)nc2)c2c(c1C)OC(C)(C1CCC(N(C)CC(F)(F)F)CC1)O2. The van der Waals surface area contributed by atoms with Gasteiger partial charge in [0.25, 0.3) is 17.3 Å². The number of carbonyl (C=O) groups is 1. The summed E-state index contributed by atoms with van der Waals surface area (Å²) < 4.78 is 52.6. The van der Waals surface area contributed by atoms with Gasteiger partial charge >= 0.3 is 6.18 Å². The molecule has 4 heterocycles. The number of benzene rings is 1. The third kappa shape index (κ3) is 7.60. The van der Waals surface area contributed by atoms with E-state index < -0.39 is 18.5 Å². The summed E-state index contributed by atoms with van der Waals surface area (Å²) in [5, 5.41) is 2.94. The molecule has 1 aromatic carbocycles. The Morgan fingerprint density at radius 1 is 1.08 bits per heavy atom. The van der Waals surface area contributed by atoms with Gasteiger partial charge in [-0.1, -0.05) is 0 Å². The number of nitrogens with one attached hydrogen (secondary N) is 2. The highest BCUT2D eigenvalue weighted by Gasteiger charge is 2.48. The lowest BCUT2D eigenvalue weighted by Gasteiger charge is -2.40. The van der Waals surface area contributed by atoms with Crippen molar-refractivity contribution < 1.29 is 27.4 Å². The second-order valence-corrected chi connectivity index (χ2v) is 14.7. The zero-order valence-electron chi connectivity index (χ0n) is 29.2. The van der Waals surface area contributed by atoms with E-state index in [0.717, 1.165) is 36.5 Å². The number of aromatic amines is 1. The van der Waals surface area contributed by atoms with Crippen molar-refractivity contribution in [3.63, 3.8) is 0 Å². The number of aryl methyl sites for hydroxylation is 1. The molecule has 270 valence electrons. The number of nitrogens with zero attached hydrogens (tertiary/aromatic N) is 4. The third-order valence-electron chi connectivity index (χ3n) is 10.3. The summed E-state index contributed by atoms with van der Waals surface area (Å²) >= 11 is 1.44. The quantitative estimate of drug-likeness (QED) is 0.236. The lowest BCUT2D eigenvalue weighted by molar-refractivity contribution is -0.153. The van der Waals surface area contributed by atoms with Crippen molar-refractivity contribution in [2.45, 2.75) is 95.2 Å². The number of thioether (sulfide) groups is 1. The van der Waals surface area contributed by atoms with Crippen molar-refractivity contribution in [3.8, 4) is 22.6 Å². The Labute approximate surface area is 294 Å². The molecule has 14 heteroatoms. The van der Waals surface area contributed by atoms with Gasteiger partial charge in [-0.05, 0) is 84.2 Å². The van der Waals surface area contributed by atoms with Gasteiger partial charge in [-0.25, -0.2) is 9.97 Å². The van der Waals surface area contributed by atoms with Gasteiger partial charge in [-0.3, -0.25) is 14.5 Å². The van der Waals surface area contributed by atoms with Gasteiger partial charge in [0, 0.05) is 89.3 Å². The number of halogens is 3. The number of hydrogen-bond acceptors (Lipinski definition) is 9. The Kier molecular flexibility index (Phi) is 10.4. The molecule has 10 nitrogen and oxygen atoms in total. The van der Waals surface area contributed by atoms with Crippen LogP contribution in [0.3, 0.4) is 0 Å². The third-order valence-corrected chi connectivity index (χ3v) is 11.1. The van der Waals surface area contributed by atoms with Gasteiger partial charge in [0.2, 0.25) is 5.95 Å². The van der Waals surface area contributed by atoms with Crippen molar-refractivity contribution in [2.75, 3.05) is 37.8 Å². The summed E-state index contributed by atoms with van der Waals surface area (Å²) in [4.78, 5) is 43.2. The molecule has 0 spiro atoms. The molecule has 1 aliphatic carbocycles. The first-order valence-electron chi connectivity index (χ1n) is 17.2. The molecule has 0 bridgehead atoms. The molecule has 1 saturated carbocycles. The van der Waals surface area contributed by atoms with E-state index in [2.05, 4.69) is 25.2 Å². The van der Waals surface area contributed by atoms with Crippen LogP contribution >= 0.6 is 11.8 Å². The number of alkyl halides is 3. The van der Waals surface area contributed by atoms with E-state index in [4.69, 9.17) is 9.47 Å². The molecule has 3 aliphatic rings. The molecule has 3 aromatic rings. The van der Waals surface area contributed by atoms with Crippen LogP contribution in [0.5, 0.6) is 11.5 Å². The Bertz CT molecular complexity index is 1770. The average Bonchev–Trinajstić information content (AvgIpc) is 3.46. The van der Waals surface area contributed by atoms with Crippen LogP contribution in [0.15, 0.2) is 34.2 Å². The summed E-state index contributed by atoms with van der Waals surface area (Å²) in [5.41, 5.74) is 3.15. The minimum Gasteiger partial charge on any atom is -0.448 e. The maximum atomic E-state index is 13.9. The van der Waals surface area contributed by atoms with Crippen molar-refractivity contribution >= 4 is 23.6 Å². The van der Waals surface area contributed by atoms with Crippen LogP contribution in [-0.2, 0) is 6.54 Å². The number of H-pyrrole nitrogens is 1. The molecule has 0 radical (unpaired) electrons. The molecule has 1 atom stereocenters. The summed E-state index contributed by atoms with van der Waals surface area (Å²) in [6, 6.07) is 3.46. The maximum Gasteiger partial charge on any atom is 0.401 e. The van der Waals surface area contributed by atoms with Gasteiger partial charge in [0.1, 0.15) is 0 Å². The van der Waals surface area contributed by atoms with E-state index in [-0.39, 0.29) is 30.0 Å². The number of piperidine rings is 1. The van der Waals surface area contributed by atoms with E-state index in [1.807, 2.05) is 26.2 Å². The fourth-order valence-electron chi connectivity index (χ4n) is 7.47. The molecule has 2 aromatic heterocycles. The van der Waals surface area contributed by atoms with E-state index in [0.29, 0.717) is 70.9 Å². The molecule has 2 aliphatic heterocycles. The number of amides is 1. The minimum atomic E-state index is -4.25. The summed E-state index contributed by atoms with van der Waals surface area (Å²) in [6.07, 6.45) is 6.88. The molecule has 1 amide bonds. The van der Waals surface area contributed by atoms with E-state index in [9.17, 15) is 22.8 Å². The van der Waals surface area contributed by atoms with Crippen LogP contribution in [0.1, 0.15) is 79.0 Å². The summed E-state index contributed by atoms with van der Waals surface area (Å²) in [5.74, 6) is -0.00355. The smallest absolute Gasteiger partial charge is 0.401 e. The van der Waals surface area contributed by atoms with Crippen LogP contribution in [0.25, 0.3) is 11.1 Å². The van der Waals surface area contributed by atoms with Gasteiger partial charge in [-0.15, -0.1) is 11.8 Å². The predicted molar refractivity (Wildman–Crippen MR) is 187 cm³/mol. The molecule has 2 fully saturated rings. The van der Waals surface area contributed by atoms with Crippen molar-refractivity contribution in [2.24, 2.45) is 5.92 Å². The number of rotatable bonds is 9. The Hall–Kier alpha value is -3.78. The van der Waals surface area contributed by atoms with Crippen molar-refractivity contribution in [3.05, 3.63) is 57.3 Å². The van der Waals surface area contributed by atoms with Crippen LogP contribution in [-0.4, -0.2) is 76.7 Å². The largest absolute Gasteiger partial charge is 0.448 e. The molecular formula is C36H45F3N6O4S. The maximum absolute atomic E-state index is 13.9. The van der Waals surface area contributed by atoms with Crippen molar-refractivity contribution in [1.82, 2.24) is 25.2 Å². The Balaban J connectivity index is 1.29. The highest BCUT2D eigenvalue weighted by atomic mass is 32.2. The number of hydrogen-bond donors (Lipinski definition) is 2. The first kappa shape index (κ1) is 36.0. The van der Waals surface area contributed by atoms with Crippen LogP contribution in [0, 0.1) is 19.8 Å². The second-order valence-electron chi connectivity index (χ2n) is 13.8. The fourth-order valence-corrected chi connectivity index (χ4v) is 8.18. The highest BCUT2D eigenvalue weighted by Crippen LogP contribution is 2.53. The second kappa shape index (κ2) is 14.5. The standard InChI is InChI=1S/C36H45F3N6O4S/c1-21-15-29(50-5)28(33(47)43-21)19-40-32(46)26-16-27(23-17-41-34(42-18-23)45-13-7-6-8-14-45)31-30(22(26)2)48-35(3,49-31)24-9-11-25(12-10-24)44(4)20-36(37,38)39/h15-18,24-25H,6-14,19-20H2,1-5H3,(H,40,46)(H,43,47). The first-order chi connectivity index (χ1) is 23.8. The van der Waals surface area contributed by atoms with Crippen molar-refractivity contribution in [1.29, 1.82) is 0 Å². The molecule has 50 heavy (non-hydrogen) atoms. The monoisotopic (exact) mass is 714 g/mol. The van der Waals surface area contributed by atoms with Gasteiger partial charge in [0.05, 0.1) is 6.54 Å². The summed E-state index contributed by atoms with van der Waals surface area (Å²) in [6.45, 7) is 6.37. The molecular weight excluding hydrogens is 669 g/mol.